The van der Waals surface area contributed by atoms with E-state index < -0.39 is 5.97 Å². The van der Waals surface area contributed by atoms with E-state index in [1.807, 2.05) is 6.07 Å². The van der Waals surface area contributed by atoms with Crippen molar-refractivity contribution >= 4 is 17.3 Å². The summed E-state index contributed by atoms with van der Waals surface area (Å²) in [6, 6.07) is 5.90. The molecule has 0 bridgehead atoms. The van der Waals surface area contributed by atoms with Gasteiger partial charge < -0.3 is 15.8 Å². The van der Waals surface area contributed by atoms with Crippen molar-refractivity contribution in [1.82, 2.24) is 0 Å². The maximum absolute atomic E-state index is 11.6. The number of ether oxygens (including phenoxy) is 1. The molecule has 1 aromatic carbocycles. The molecule has 1 saturated carbocycles. The molecule has 0 heterocycles. The third kappa shape index (κ3) is 3.63. The summed E-state index contributed by atoms with van der Waals surface area (Å²) in [5.41, 5.74) is 7.60. The summed E-state index contributed by atoms with van der Waals surface area (Å²) in [6.07, 6.45) is 4.99. The zero-order valence-electron chi connectivity index (χ0n) is 11.6. The van der Waals surface area contributed by atoms with Crippen LogP contribution < -0.4 is 11.1 Å². The van der Waals surface area contributed by atoms with Crippen LogP contribution in [-0.4, -0.2) is 19.1 Å². The van der Waals surface area contributed by atoms with Crippen LogP contribution in [0, 0.1) is 5.92 Å². The minimum absolute atomic E-state index is 0.392. The molecule has 1 aliphatic rings. The van der Waals surface area contributed by atoms with Gasteiger partial charge in [-0.1, -0.05) is 19.8 Å². The van der Waals surface area contributed by atoms with Gasteiger partial charge in [-0.05, 0) is 37.0 Å². The molecule has 3 N–H and O–H groups in total. The number of esters is 1. The maximum atomic E-state index is 11.6. The zero-order valence-corrected chi connectivity index (χ0v) is 11.6. The minimum Gasteiger partial charge on any atom is -0.465 e. The molecule has 1 aliphatic carbocycles. The Morgan fingerprint density at radius 2 is 2.26 bits per heavy atom. The standard InChI is InChI=1S/C15H22N2O2/c1-3-11(8-10-4-5-10)17-12-6-7-14(16)13(9-12)15(18)19-2/h6-7,9-11,17H,3-5,8,16H2,1-2H3. The monoisotopic (exact) mass is 262 g/mol. The van der Waals surface area contributed by atoms with E-state index in [0.717, 1.165) is 18.0 Å². The van der Waals surface area contributed by atoms with E-state index in [1.165, 1.54) is 26.4 Å². The number of benzene rings is 1. The predicted octanol–water partition coefficient (Wildman–Crippen LogP) is 3.05. The largest absolute Gasteiger partial charge is 0.465 e. The number of nitrogens with one attached hydrogen (secondary N) is 1. The fourth-order valence-corrected chi connectivity index (χ4v) is 2.25. The highest BCUT2D eigenvalue weighted by Crippen LogP contribution is 2.35. The van der Waals surface area contributed by atoms with Gasteiger partial charge >= 0.3 is 5.97 Å². The summed E-state index contributed by atoms with van der Waals surface area (Å²) in [6.45, 7) is 2.18. The molecule has 0 aromatic heterocycles. The van der Waals surface area contributed by atoms with Crippen molar-refractivity contribution in [3.8, 4) is 0 Å². The van der Waals surface area contributed by atoms with Crippen LogP contribution in [-0.2, 0) is 4.74 Å². The second-order valence-electron chi connectivity index (χ2n) is 5.22. The van der Waals surface area contributed by atoms with Crippen molar-refractivity contribution in [1.29, 1.82) is 0 Å². The Balaban J connectivity index is 2.08. The third-order valence-corrected chi connectivity index (χ3v) is 3.64. The molecule has 2 rings (SSSR count). The van der Waals surface area contributed by atoms with E-state index in [-0.39, 0.29) is 0 Å². The predicted molar refractivity (Wildman–Crippen MR) is 77.2 cm³/mol. The molecule has 1 aromatic rings. The molecule has 4 nitrogen and oxygen atoms in total. The van der Waals surface area contributed by atoms with Crippen LogP contribution in [0.25, 0.3) is 0 Å². The van der Waals surface area contributed by atoms with Crippen LogP contribution in [0.1, 0.15) is 43.0 Å². The van der Waals surface area contributed by atoms with Gasteiger partial charge in [-0.2, -0.15) is 0 Å². The van der Waals surface area contributed by atoms with E-state index in [0.29, 0.717) is 17.3 Å². The molecule has 1 unspecified atom stereocenters. The highest BCUT2D eigenvalue weighted by atomic mass is 16.5. The van der Waals surface area contributed by atoms with Gasteiger partial charge in [0.2, 0.25) is 0 Å². The third-order valence-electron chi connectivity index (χ3n) is 3.64. The first-order valence-electron chi connectivity index (χ1n) is 6.88. The van der Waals surface area contributed by atoms with Crippen LogP contribution in [0.15, 0.2) is 18.2 Å². The van der Waals surface area contributed by atoms with Gasteiger partial charge in [0.05, 0.1) is 12.7 Å². The van der Waals surface area contributed by atoms with Gasteiger partial charge in [0.25, 0.3) is 0 Å². The summed E-state index contributed by atoms with van der Waals surface area (Å²) in [4.78, 5) is 11.6. The van der Waals surface area contributed by atoms with Crippen molar-refractivity contribution in [2.24, 2.45) is 5.92 Å². The molecular formula is C15H22N2O2. The van der Waals surface area contributed by atoms with Gasteiger partial charge in [0, 0.05) is 17.4 Å². The molecule has 4 heteroatoms. The fraction of sp³-hybridized carbons (Fsp3) is 0.533. The molecule has 0 amide bonds. The fourth-order valence-electron chi connectivity index (χ4n) is 2.25. The Labute approximate surface area is 114 Å². The summed E-state index contributed by atoms with van der Waals surface area (Å²) < 4.78 is 4.73. The number of rotatable bonds is 6. The Bertz CT molecular complexity index is 455. The maximum Gasteiger partial charge on any atom is 0.340 e. The van der Waals surface area contributed by atoms with Gasteiger partial charge in [-0.25, -0.2) is 4.79 Å². The second kappa shape index (κ2) is 5.95. The number of carbonyl (C=O) groups is 1. The van der Waals surface area contributed by atoms with E-state index >= 15 is 0 Å². The molecule has 0 saturated heterocycles. The van der Waals surface area contributed by atoms with Crippen LogP contribution in [0.3, 0.4) is 0 Å². The number of methoxy groups -OCH3 is 1. The van der Waals surface area contributed by atoms with E-state index in [4.69, 9.17) is 10.5 Å². The smallest absolute Gasteiger partial charge is 0.340 e. The summed E-state index contributed by atoms with van der Waals surface area (Å²) in [5.74, 6) is 0.489. The lowest BCUT2D eigenvalue weighted by atomic mass is 10.1. The Morgan fingerprint density at radius 3 is 2.84 bits per heavy atom. The summed E-state index contributed by atoms with van der Waals surface area (Å²) in [7, 11) is 1.36. The number of hydrogen-bond acceptors (Lipinski definition) is 4. The highest BCUT2D eigenvalue weighted by molar-refractivity contribution is 5.96. The molecule has 19 heavy (non-hydrogen) atoms. The van der Waals surface area contributed by atoms with Gasteiger partial charge in [-0.15, -0.1) is 0 Å². The quantitative estimate of drug-likeness (QED) is 0.611. The zero-order chi connectivity index (χ0) is 13.8. The van der Waals surface area contributed by atoms with Crippen LogP contribution >= 0.6 is 0 Å². The van der Waals surface area contributed by atoms with E-state index in [1.54, 1.807) is 12.1 Å². The Morgan fingerprint density at radius 1 is 1.53 bits per heavy atom. The summed E-state index contributed by atoms with van der Waals surface area (Å²) >= 11 is 0. The van der Waals surface area contributed by atoms with Gasteiger partial charge in [0.15, 0.2) is 0 Å². The normalized spacial score (nSPS) is 15.9. The van der Waals surface area contributed by atoms with Crippen molar-refractivity contribution in [2.75, 3.05) is 18.2 Å². The summed E-state index contributed by atoms with van der Waals surface area (Å²) in [5, 5.41) is 3.48. The highest BCUT2D eigenvalue weighted by Gasteiger charge is 2.24. The molecule has 1 fully saturated rings. The first-order valence-corrected chi connectivity index (χ1v) is 6.88. The number of nitrogens with two attached hydrogens (primary N) is 1. The average Bonchev–Trinajstić information content (AvgIpc) is 3.23. The van der Waals surface area contributed by atoms with Gasteiger partial charge in [0.1, 0.15) is 0 Å². The number of nitrogen functional groups attached to an aromatic ring is 1. The number of anilines is 2. The molecule has 0 aliphatic heterocycles. The van der Waals surface area contributed by atoms with Crippen molar-refractivity contribution in [3.05, 3.63) is 23.8 Å². The molecule has 0 radical (unpaired) electrons. The second-order valence-corrected chi connectivity index (χ2v) is 5.22. The number of hydrogen-bond donors (Lipinski definition) is 2. The number of carbonyl (C=O) groups excluding carboxylic acids is 1. The first kappa shape index (κ1) is 13.7. The van der Waals surface area contributed by atoms with Crippen molar-refractivity contribution in [3.63, 3.8) is 0 Å². The van der Waals surface area contributed by atoms with Crippen LogP contribution in [0.2, 0.25) is 0 Å². The lowest BCUT2D eigenvalue weighted by Crippen LogP contribution is -2.19. The Hall–Kier alpha value is -1.71. The molecule has 1 atom stereocenters. The van der Waals surface area contributed by atoms with Crippen LogP contribution in [0.4, 0.5) is 11.4 Å². The average molecular weight is 262 g/mol. The minimum atomic E-state index is -0.392. The topological polar surface area (TPSA) is 64.3 Å². The molecule has 104 valence electrons. The van der Waals surface area contributed by atoms with Crippen molar-refractivity contribution in [2.45, 2.75) is 38.6 Å². The van der Waals surface area contributed by atoms with Crippen molar-refractivity contribution < 1.29 is 9.53 Å². The SMILES string of the molecule is CCC(CC1CC1)Nc1ccc(N)c(C(=O)OC)c1. The molecular weight excluding hydrogens is 240 g/mol. The van der Waals surface area contributed by atoms with Crippen LogP contribution in [0.5, 0.6) is 0 Å². The lowest BCUT2D eigenvalue weighted by molar-refractivity contribution is 0.0602. The van der Waals surface area contributed by atoms with Gasteiger partial charge in [-0.3, -0.25) is 0 Å². The molecule has 0 spiro atoms. The van der Waals surface area contributed by atoms with E-state index in [2.05, 4.69) is 12.2 Å². The Kier molecular flexibility index (Phi) is 4.30. The van der Waals surface area contributed by atoms with E-state index in [9.17, 15) is 4.79 Å². The first-order chi connectivity index (χ1) is 9.13. The lowest BCUT2D eigenvalue weighted by Gasteiger charge is -2.18.